The summed E-state index contributed by atoms with van der Waals surface area (Å²) in [6, 6.07) is 12.7. The molecule has 1 aromatic heterocycles. The number of methoxy groups -OCH3 is 1. The van der Waals surface area contributed by atoms with Crippen molar-refractivity contribution < 1.29 is 40.7 Å². The molecule has 4 amide bonds. The number of carbonyl (C=O) groups is 3. The Balaban J connectivity index is 1.50. The molecule has 1 fully saturated rings. The van der Waals surface area contributed by atoms with Gasteiger partial charge in [-0.25, -0.2) is 18.1 Å². The normalized spacial score (nSPS) is 15.3. The number of hydrogen-bond acceptors (Lipinski definition) is 7. The van der Waals surface area contributed by atoms with Crippen LogP contribution in [0, 0.1) is 0 Å². The number of alkyl halides is 3. The van der Waals surface area contributed by atoms with Gasteiger partial charge in [-0.2, -0.15) is 13.2 Å². The molecule has 3 aromatic rings. The summed E-state index contributed by atoms with van der Waals surface area (Å²) in [6.07, 6.45) is 1.39. The molecule has 2 heterocycles. The number of urea groups is 1. The van der Waals surface area contributed by atoms with Gasteiger partial charge >= 0.3 is 11.5 Å². The summed E-state index contributed by atoms with van der Waals surface area (Å²) in [4.78, 5) is 44.3. The molecule has 10 nitrogen and oxygen atoms in total. The van der Waals surface area contributed by atoms with Gasteiger partial charge in [0.05, 0.1) is 17.7 Å². The van der Waals surface area contributed by atoms with Crippen LogP contribution in [-0.2, 0) is 27.7 Å². The van der Waals surface area contributed by atoms with E-state index in [1.807, 2.05) is 0 Å². The predicted molar refractivity (Wildman–Crippen MR) is 141 cm³/mol. The molecule has 0 aliphatic carbocycles. The minimum absolute atomic E-state index is 0.0874. The van der Waals surface area contributed by atoms with E-state index in [0.29, 0.717) is 23.4 Å². The Morgan fingerprint density at radius 1 is 1.00 bits per heavy atom. The van der Waals surface area contributed by atoms with Gasteiger partial charge in [-0.3, -0.25) is 14.6 Å². The van der Waals surface area contributed by atoms with E-state index in [9.17, 15) is 36.0 Å². The minimum atomic E-state index is -5.59. The van der Waals surface area contributed by atoms with E-state index in [2.05, 4.69) is 10.3 Å². The molecule has 1 saturated heterocycles. The molecule has 14 heteroatoms. The van der Waals surface area contributed by atoms with Crippen molar-refractivity contribution >= 4 is 33.4 Å². The molecule has 41 heavy (non-hydrogen) atoms. The Kier molecular flexibility index (Phi) is 7.81. The van der Waals surface area contributed by atoms with Crippen LogP contribution in [0.3, 0.4) is 0 Å². The van der Waals surface area contributed by atoms with Gasteiger partial charge < -0.3 is 15.0 Å². The number of ether oxygens (including phenoxy) is 1. The first kappa shape index (κ1) is 29.5. The lowest BCUT2D eigenvalue weighted by molar-refractivity contribution is -0.123. The second-order valence-corrected chi connectivity index (χ2v) is 11.5. The second kappa shape index (κ2) is 10.8. The average molecular weight is 591 g/mol. The SMILES string of the molecule is COc1ccc(CNC(=O)c2cc(CN3C(=O)N(c4ccc(S(=O)(=O)C(F)(F)F)cc4)C(=O)C3(C)C)ccn2)cc1. The topological polar surface area (TPSA) is 126 Å². The van der Waals surface area contributed by atoms with E-state index in [1.165, 1.54) is 31.0 Å². The molecular formula is C27H25F3N4O6S. The van der Waals surface area contributed by atoms with Gasteiger partial charge in [0, 0.05) is 19.3 Å². The number of aromatic nitrogens is 1. The molecule has 0 saturated carbocycles. The van der Waals surface area contributed by atoms with Crippen LogP contribution < -0.4 is 15.0 Å². The largest absolute Gasteiger partial charge is 0.501 e. The molecule has 4 rings (SSSR count). The van der Waals surface area contributed by atoms with Crippen LogP contribution in [0.25, 0.3) is 0 Å². The van der Waals surface area contributed by atoms with Crippen LogP contribution in [0.15, 0.2) is 71.8 Å². The fourth-order valence-corrected chi connectivity index (χ4v) is 4.89. The lowest BCUT2D eigenvalue weighted by Crippen LogP contribution is -2.43. The number of hydrogen-bond donors (Lipinski definition) is 1. The first-order valence-electron chi connectivity index (χ1n) is 12.1. The number of amides is 4. The highest BCUT2D eigenvalue weighted by Crippen LogP contribution is 2.35. The van der Waals surface area contributed by atoms with Crippen molar-refractivity contribution in [2.75, 3.05) is 12.0 Å². The van der Waals surface area contributed by atoms with Crippen molar-refractivity contribution in [2.24, 2.45) is 0 Å². The fraction of sp³-hybridized carbons (Fsp3) is 0.259. The quantitative estimate of drug-likeness (QED) is 0.392. The summed E-state index contributed by atoms with van der Waals surface area (Å²) in [7, 11) is -4.05. The maximum Gasteiger partial charge on any atom is 0.501 e. The zero-order valence-electron chi connectivity index (χ0n) is 22.1. The maximum atomic E-state index is 13.3. The van der Waals surface area contributed by atoms with E-state index < -0.39 is 43.6 Å². The number of pyridine rings is 1. The van der Waals surface area contributed by atoms with Gasteiger partial charge in [-0.1, -0.05) is 12.1 Å². The number of rotatable bonds is 8. The van der Waals surface area contributed by atoms with Gasteiger partial charge in [-0.15, -0.1) is 0 Å². The predicted octanol–water partition coefficient (Wildman–Crippen LogP) is 4.06. The lowest BCUT2D eigenvalue weighted by atomic mass is 10.0. The fourth-order valence-electron chi connectivity index (χ4n) is 4.13. The van der Waals surface area contributed by atoms with Crippen LogP contribution in [-0.4, -0.2) is 54.3 Å². The third kappa shape index (κ3) is 5.73. The average Bonchev–Trinajstić information content (AvgIpc) is 3.10. The summed E-state index contributed by atoms with van der Waals surface area (Å²) in [6.45, 7) is 3.15. The van der Waals surface area contributed by atoms with Crippen molar-refractivity contribution in [3.63, 3.8) is 0 Å². The minimum Gasteiger partial charge on any atom is -0.497 e. The standard InChI is InChI=1S/C27H25F3N4O6S/c1-26(2)24(36)34(19-6-10-21(11-7-19)41(38,39)27(28,29)30)25(37)33(26)16-18-12-13-31-22(14-18)23(35)32-15-17-4-8-20(40-3)9-5-17/h4-14H,15-16H2,1-3H3,(H,32,35). The van der Waals surface area contributed by atoms with E-state index in [4.69, 9.17) is 4.74 Å². The van der Waals surface area contributed by atoms with Crippen molar-refractivity contribution in [2.45, 2.75) is 42.9 Å². The van der Waals surface area contributed by atoms with Crippen molar-refractivity contribution in [3.8, 4) is 5.75 Å². The Hall–Kier alpha value is -4.46. The smallest absolute Gasteiger partial charge is 0.497 e. The van der Waals surface area contributed by atoms with Crippen molar-refractivity contribution in [3.05, 3.63) is 83.7 Å². The van der Waals surface area contributed by atoms with E-state index >= 15 is 0 Å². The lowest BCUT2D eigenvalue weighted by Gasteiger charge is -2.27. The van der Waals surface area contributed by atoms with Crippen LogP contribution in [0.1, 0.15) is 35.5 Å². The third-order valence-corrected chi connectivity index (χ3v) is 8.05. The van der Waals surface area contributed by atoms with E-state index in [0.717, 1.165) is 22.6 Å². The Morgan fingerprint density at radius 2 is 1.63 bits per heavy atom. The molecule has 0 spiro atoms. The van der Waals surface area contributed by atoms with Crippen LogP contribution in [0.2, 0.25) is 0 Å². The number of imide groups is 1. The first-order chi connectivity index (χ1) is 19.2. The van der Waals surface area contributed by atoms with E-state index in [1.54, 1.807) is 37.4 Å². The summed E-state index contributed by atoms with van der Waals surface area (Å²) in [5.74, 6) is -0.445. The van der Waals surface area contributed by atoms with Gasteiger partial charge in [0.15, 0.2) is 0 Å². The van der Waals surface area contributed by atoms with Gasteiger partial charge in [0.1, 0.15) is 17.0 Å². The maximum absolute atomic E-state index is 13.3. The summed E-state index contributed by atoms with van der Waals surface area (Å²) < 4.78 is 67.1. The van der Waals surface area contributed by atoms with Crippen LogP contribution >= 0.6 is 0 Å². The van der Waals surface area contributed by atoms with Crippen LogP contribution in [0.5, 0.6) is 5.75 Å². The number of nitrogens with one attached hydrogen (secondary N) is 1. The van der Waals surface area contributed by atoms with Crippen LogP contribution in [0.4, 0.5) is 23.7 Å². The molecule has 1 N–H and O–H groups in total. The molecule has 216 valence electrons. The highest BCUT2D eigenvalue weighted by molar-refractivity contribution is 7.92. The molecule has 1 aliphatic rings. The molecule has 0 atom stereocenters. The van der Waals surface area contributed by atoms with Gasteiger partial charge in [0.25, 0.3) is 21.7 Å². The highest BCUT2D eigenvalue weighted by Gasteiger charge is 2.52. The number of anilines is 1. The summed E-state index contributed by atoms with van der Waals surface area (Å²) in [5, 5.41) is 2.76. The van der Waals surface area contributed by atoms with E-state index in [-0.39, 0.29) is 24.5 Å². The summed E-state index contributed by atoms with van der Waals surface area (Å²) >= 11 is 0. The number of benzene rings is 2. The molecule has 0 bridgehead atoms. The van der Waals surface area contributed by atoms with Crippen molar-refractivity contribution in [1.82, 2.24) is 15.2 Å². The monoisotopic (exact) mass is 590 g/mol. The third-order valence-electron chi connectivity index (χ3n) is 6.54. The van der Waals surface area contributed by atoms with Gasteiger partial charge in [-0.05, 0) is 73.5 Å². The zero-order chi connectivity index (χ0) is 30.2. The Bertz CT molecular complexity index is 1590. The highest BCUT2D eigenvalue weighted by atomic mass is 32.2. The number of nitrogens with zero attached hydrogens (tertiary/aromatic N) is 3. The number of sulfone groups is 1. The second-order valence-electron chi connectivity index (χ2n) is 9.59. The van der Waals surface area contributed by atoms with Crippen molar-refractivity contribution in [1.29, 1.82) is 0 Å². The number of carbonyl (C=O) groups excluding carboxylic acids is 3. The first-order valence-corrected chi connectivity index (χ1v) is 13.6. The summed E-state index contributed by atoms with van der Waals surface area (Å²) in [5.41, 5.74) is -5.54. The number of halogens is 3. The molecule has 2 aromatic carbocycles. The van der Waals surface area contributed by atoms with Gasteiger partial charge in [0.2, 0.25) is 0 Å². The molecular weight excluding hydrogens is 565 g/mol. The zero-order valence-corrected chi connectivity index (χ0v) is 22.9. The Morgan fingerprint density at radius 3 is 2.22 bits per heavy atom. The molecule has 1 aliphatic heterocycles. The molecule has 0 unspecified atom stereocenters. The Labute approximate surface area is 233 Å². The molecule has 0 radical (unpaired) electrons.